The Morgan fingerprint density at radius 1 is 1.43 bits per heavy atom. The van der Waals surface area contributed by atoms with E-state index in [0.29, 0.717) is 12.0 Å². The van der Waals surface area contributed by atoms with Gasteiger partial charge in [-0.3, -0.25) is 4.98 Å². The van der Waals surface area contributed by atoms with Crippen molar-refractivity contribution in [2.45, 2.75) is 44.6 Å². The zero-order valence-corrected chi connectivity index (χ0v) is 8.74. The average Bonchev–Trinajstić information content (AvgIpc) is 2.18. The second-order valence-electron chi connectivity index (χ2n) is 4.36. The maximum Gasteiger partial charge on any atom is 0.0299 e. The Hall–Kier alpha value is -0.890. The molecule has 0 amide bonds. The highest BCUT2D eigenvalue weighted by Gasteiger charge is 2.21. The Morgan fingerprint density at radius 2 is 2.29 bits per heavy atom. The molecular weight excluding hydrogens is 172 g/mol. The number of hydrogen-bond acceptors (Lipinski definition) is 2. The molecule has 0 radical (unpaired) electrons. The Bertz CT molecular complexity index is 309. The molecule has 2 atom stereocenters. The van der Waals surface area contributed by atoms with Crippen LogP contribution in [-0.2, 0) is 0 Å². The van der Waals surface area contributed by atoms with E-state index in [0.717, 1.165) is 6.42 Å². The van der Waals surface area contributed by atoms with Crippen LogP contribution in [0.25, 0.3) is 0 Å². The second-order valence-corrected chi connectivity index (χ2v) is 4.36. The van der Waals surface area contributed by atoms with Crippen LogP contribution >= 0.6 is 0 Å². The largest absolute Gasteiger partial charge is 0.328 e. The summed E-state index contributed by atoms with van der Waals surface area (Å²) < 4.78 is 0. The smallest absolute Gasteiger partial charge is 0.0299 e. The number of pyridine rings is 1. The third-order valence-corrected chi connectivity index (χ3v) is 3.22. The molecule has 1 saturated carbocycles. The lowest BCUT2D eigenvalue weighted by atomic mass is 9.81. The van der Waals surface area contributed by atoms with Crippen molar-refractivity contribution in [3.63, 3.8) is 0 Å². The molecular formula is C12H18N2. The van der Waals surface area contributed by atoms with Gasteiger partial charge in [0.15, 0.2) is 0 Å². The quantitative estimate of drug-likeness (QED) is 0.738. The van der Waals surface area contributed by atoms with Gasteiger partial charge in [0.2, 0.25) is 0 Å². The fourth-order valence-corrected chi connectivity index (χ4v) is 2.45. The maximum atomic E-state index is 6.00. The van der Waals surface area contributed by atoms with Crippen LogP contribution in [0.2, 0.25) is 0 Å². The van der Waals surface area contributed by atoms with Crippen molar-refractivity contribution in [2.24, 2.45) is 5.73 Å². The first-order valence-corrected chi connectivity index (χ1v) is 5.43. The summed E-state index contributed by atoms with van der Waals surface area (Å²) in [4.78, 5) is 4.13. The predicted molar refractivity (Wildman–Crippen MR) is 58.2 cm³/mol. The Labute approximate surface area is 85.5 Å². The van der Waals surface area contributed by atoms with Gasteiger partial charge in [-0.25, -0.2) is 0 Å². The molecule has 1 aliphatic rings. The molecule has 1 heterocycles. The number of nitrogens with two attached hydrogens (primary N) is 1. The highest BCUT2D eigenvalue weighted by molar-refractivity contribution is 5.26. The Morgan fingerprint density at radius 3 is 3.00 bits per heavy atom. The average molecular weight is 190 g/mol. The molecule has 2 N–H and O–H groups in total. The zero-order chi connectivity index (χ0) is 9.97. The van der Waals surface area contributed by atoms with Gasteiger partial charge in [0.25, 0.3) is 0 Å². The molecule has 2 heteroatoms. The van der Waals surface area contributed by atoms with E-state index >= 15 is 0 Å². The van der Waals surface area contributed by atoms with Crippen LogP contribution in [0.5, 0.6) is 0 Å². The summed E-state index contributed by atoms with van der Waals surface area (Å²) in [5.74, 6) is 0.668. The molecule has 1 aromatic heterocycles. The maximum absolute atomic E-state index is 6.00. The van der Waals surface area contributed by atoms with Crippen LogP contribution < -0.4 is 5.73 Å². The molecule has 76 valence electrons. The van der Waals surface area contributed by atoms with Crippen molar-refractivity contribution < 1.29 is 0 Å². The first-order chi connectivity index (χ1) is 6.77. The van der Waals surface area contributed by atoms with Gasteiger partial charge < -0.3 is 5.73 Å². The van der Waals surface area contributed by atoms with E-state index in [1.165, 1.54) is 30.4 Å². The zero-order valence-electron chi connectivity index (χ0n) is 8.74. The molecule has 14 heavy (non-hydrogen) atoms. The van der Waals surface area contributed by atoms with Crippen LogP contribution in [-0.4, -0.2) is 11.0 Å². The van der Waals surface area contributed by atoms with E-state index in [9.17, 15) is 0 Å². The molecule has 2 rings (SSSR count). The van der Waals surface area contributed by atoms with Crippen molar-refractivity contribution >= 4 is 0 Å². The van der Waals surface area contributed by atoms with Gasteiger partial charge >= 0.3 is 0 Å². The normalized spacial score (nSPS) is 27.6. The van der Waals surface area contributed by atoms with Crippen molar-refractivity contribution in [1.82, 2.24) is 4.98 Å². The second kappa shape index (κ2) is 4.09. The third-order valence-electron chi connectivity index (χ3n) is 3.22. The number of hydrogen-bond donors (Lipinski definition) is 1. The molecule has 2 unspecified atom stereocenters. The van der Waals surface area contributed by atoms with Crippen molar-refractivity contribution in [1.29, 1.82) is 0 Å². The summed E-state index contributed by atoms with van der Waals surface area (Å²) in [7, 11) is 0. The van der Waals surface area contributed by atoms with Crippen LogP contribution in [0, 0.1) is 6.92 Å². The van der Waals surface area contributed by atoms with Crippen LogP contribution in [0.4, 0.5) is 0 Å². The van der Waals surface area contributed by atoms with Gasteiger partial charge in [0.05, 0.1) is 0 Å². The topological polar surface area (TPSA) is 38.9 Å². The molecule has 0 aliphatic heterocycles. The summed E-state index contributed by atoms with van der Waals surface area (Å²) in [5, 5.41) is 0. The van der Waals surface area contributed by atoms with E-state index in [2.05, 4.69) is 18.0 Å². The summed E-state index contributed by atoms with van der Waals surface area (Å²) in [5.41, 5.74) is 8.76. The Balaban J connectivity index is 2.18. The minimum atomic E-state index is 0.404. The first kappa shape index (κ1) is 9.66. The van der Waals surface area contributed by atoms with Gasteiger partial charge in [0, 0.05) is 18.4 Å². The van der Waals surface area contributed by atoms with E-state index in [-0.39, 0.29) is 0 Å². The number of aromatic nitrogens is 1. The van der Waals surface area contributed by atoms with Gasteiger partial charge in [0.1, 0.15) is 0 Å². The Kier molecular flexibility index (Phi) is 2.82. The molecule has 1 aliphatic carbocycles. The minimum Gasteiger partial charge on any atom is -0.328 e. The minimum absolute atomic E-state index is 0.404. The molecule has 0 bridgehead atoms. The van der Waals surface area contributed by atoms with Crippen molar-refractivity contribution in [3.8, 4) is 0 Å². The fraction of sp³-hybridized carbons (Fsp3) is 0.583. The van der Waals surface area contributed by atoms with Gasteiger partial charge in [-0.05, 0) is 49.3 Å². The molecule has 0 saturated heterocycles. The molecule has 0 spiro atoms. The summed E-state index contributed by atoms with van der Waals surface area (Å²) >= 11 is 0. The lowest BCUT2D eigenvalue weighted by Gasteiger charge is -2.27. The molecule has 0 aromatic carbocycles. The summed E-state index contributed by atoms with van der Waals surface area (Å²) in [6, 6.07) is 2.55. The van der Waals surface area contributed by atoms with Crippen LogP contribution in [0.1, 0.15) is 42.7 Å². The first-order valence-electron chi connectivity index (χ1n) is 5.43. The van der Waals surface area contributed by atoms with Crippen LogP contribution in [0.3, 0.4) is 0 Å². The lowest BCUT2D eigenvalue weighted by Crippen LogP contribution is -2.27. The van der Waals surface area contributed by atoms with Gasteiger partial charge in [-0.2, -0.15) is 0 Å². The van der Waals surface area contributed by atoms with Crippen LogP contribution in [0.15, 0.2) is 18.5 Å². The highest BCUT2D eigenvalue weighted by atomic mass is 14.6. The van der Waals surface area contributed by atoms with E-state index in [1.54, 1.807) is 0 Å². The summed E-state index contributed by atoms with van der Waals surface area (Å²) in [6.45, 7) is 2.14. The van der Waals surface area contributed by atoms with Gasteiger partial charge in [-0.1, -0.05) is 6.42 Å². The van der Waals surface area contributed by atoms with E-state index in [4.69, 9.17) is 5.73 Å². The SMILES string of the molecule is Cc1cnccc1C1CCCC(N)C1. The predicted octanol–water partition coefficient (Wildman–Crippen LogP) is 2.37. The van der Waals surface area contributed by atoms with Crippen molar-refractivity contribution in [2.75, 3.05) is 0 Å². The molecule has 2 nitrogen and oxygen atoms in total. The molecule has 1 fully saturated rings. The monoisotopic (exact) mass is 190 g/mol. The molecule has 1 aromatic rings. The highest BCUT2D eigenvalue weighted by Crippen LogP contribution is 2.33. The van der Waals surface area contributed by atoms with Gasteiger partial charge in [-0.15, -0.1) is 0 Å². The fourth-order valence-electron chi connectivity index (χ4n) is 2.45. The number of rotatable bonds is 1. The lowest BCUT2D eigenvalue weighted by molar-refractivity contribution is 0.392. The van der Waals surface area contributed by atoms with E-state index in [1.807, 2.05) is 12.4 Å². The standard InChI is InChI=1S/C12H18N2/c1-9-8-14-6-5-12(9)10-3-2-4-11(13)7-10/h5-6,8,10-11H,2-4,7,13H2,1H3. The summed E-state index contributed by atoms with van der Waals surface area (Å²) in [6.07, 6.45) is 8.75. The van der Waals surface area contributed by atoms with Crippen molar-refractivity contribution in [3.05, 3.63) is 29.6 Å². The van der Waals surface area contributed by atoms with E-state index < -0.39 is 0 Å². The number of nitrogens with zero attached hydrogens (tertiary/aromatic N) is 1. The third kappa shape index (κ3) is 1.95. The number of aryl methyl sites for hydroxylation is 1.